The summed E-state index contributed by atoms with van der Waals surface area (Å²) in [5.41, 5.74) is 0.646. The summed E-state index contributed by atoms with van der Waals surface area (Å²) in [7, 11) is 2.09. The van der Waals surface area contributed by atoms with E-state index in [4.69, 9.17) is 5.11 Å². The van der Waals surface area contributed by atoms with Crippen LogP contribution in [-0.2, 0) is 11.3 Å². The Labute approximate surface area is 115 Å². The highest BCUT2D eigenvalue weighted by molar-refractivity contribution is 5.73. The molecule has 0 fully saturated rings. The first-order chi connectivity index (χ1) is 8.92. The van der Waals surface area contributed by atoms with Crippen LogP contribution < -0.4 is 0 Å². The largest absolute Gasteiger partial charge is 0.481 e. The van der Waals surface area contributed by atoms with Gasteiger partial charge in [-0.1, -0.05) is 6.42 Å². The molecule has 0 aliphatic carbocycles. The molecule has 1 aromatic heterocycles. The second-order valence-corrected chi connectivity index (χ2v) is 5.74. The van der Waals surface area contributed by atoms with Crippen LogP contribution in [0.5, 0.6) is 0 Å². The number of rotatable bonds is 8. The highest BCUT2D eigenvalue weighted by Gasteiger charge is 2.25. The molecule has 1 heterocycles. The standard InChI is InChI=1S/C15H24N2O2/c1-15(2,14(18)19)8-4-5-11-17(3)12-13-6-9-16-10-7-13/h6-7,9-10H,4-5,8,11-12H2,1-3H3,(H,18,19). The number of aliphatic carboxylic acids is 1. The normalized spacial score (nSPS) is 11.8. The lowest BCUT2D eigenvalue weighted by Gasteiger charge is -2.20. The Kier molecular flexibility index (Phi) is 5.96. The average Bonchev–Trinajstić information content (AvgIpc) is 2.36. The van der Waals surface area contributed by atoms with Crippen molar-refractivity contribution < 1.29 is 9.90 Å². The Morgan fingerprint density at radius 2 is 1.95 bits per heavy atom. The number of pyridine rings is 1. The summed E-state index contributed by atoms with van der Waals surface area (Å²) in [6, 6.07) is 4.04. The highest BCUT2D eigenvalue weighted by atomic mass is 16.4. The summed E-state index contributed by atoms with van der Waals surface area (Å²) in [6.45, 7) is 5.47. The zero-order valence-electron chi connectivity index (χ0n) is 12.1. The van der Waals surface area contributed by atoms with Crippen molar-refractivity contribution in [3.05, 3.63) is 30.1 Å². The summed E-state index contributed by atoms with van der Waals surface area (Å²) < 4.78 is 0. The molecular weight excluding hydrogens is 240 g/mol. The van der Waals surface area contributed by atoms with Crippen LogP contribution in [0.1, 0.15) is 38.7 Å². The van der Waals surface area contributed by atoms with Crippen LogP contribution in [0.25, 0.3) is 0 Å². The van der Waals surface area contributed by atoms with E-state index in [0.717, 1.165) is 32.4 Å². The van der Waals surface area contributed by atoms with Crippen LogP contribution in [0, 0.1) is 5.41 Å². The number of carboxylic acid groups (broad SMARTS) is 1. The van der Waals surface area contributed by atoms with Crippen LogP contribution in [0.2, 0.25) is 0 Å². The quantitative estimate of drug-likeness (QED) is 0.734. The van der Waals surface area contributed by atoms with E-state index in [1.165, 1.54) is 5.56 Å². The number of hydrogen-bond donors (Lipinski definition) is 1. The van der Waals surface area contributed by atoms with Crippen molar-refractivity contribution in [2.24, 2.45) is 5.41 Å². The van der Waals surface area contributed by atoms with E-state index in [1.807, 2.05) is 12.1 Å². The Hall–Kier alpha value is -1.42. The van der Waals surface area contributed by atoms with E-state index in [-0.39, 0.29) is 0 Å². The van der Waals surface area contributed by atoms with Gasteiger partial charge in [-0.25, -0.2) is 0 Å². The Morgan fingerprint density at radius 3 is 2.53 bits per heavy atom. The van der Waals surface area contributed by atoms with Crippen LogP contribution in [0.3, 0.4) is 0 Å². The third-order valence-corrected chi connectivity index (χ3v) is 3.37. The molecule has 0 unspecified atom stereocenters. The minimum Gasteiger partial charge on any atom is -0.481 e. The fourth-order valence-electron chi connectivity index (χ4n) is 1.93. The van der Waals surface area contributed by atoms with Crippen molar-refractivity contribution in [2.45, 2.75) is 39.7 Å². The number of hydrogen-bond acceptors (Lipinski definition) is 3. The topological polar surface area (TPSA) is 53.4 Å². The van der Waals surface area contributed by atoms with E-state index in [9.17, 15) is 4.79 Å². The summed E-state index contributed by atoms with van der Waals surface area (Å²) in [5.74, 6) is -0.711. The maximum absolute atomic E-state index is 11.0. The van der Waals surface area contributed by atoms with Gasteiger partial charge < -0.3 is 10.0 Å². The molecule has 0 aliphatic rings. The zero-order valence-corrected chi connectivity index (χ0v) is 12.1. The van der Waals surface area contributed by atoms with Crippen molar-refractivity contribution >= 4 is 5.97 Å². The van der Waals surface area contributed by atoms with Gasteiger partial charge in [0.15, 0.2) is 0 Å². The first-order valence-electron chi connectivity index (χ1n) is 6.72. The SMILES string of the molecule is CN(CCCCC(C)(C)C(=O)O)Cc1ccncc1. The predicted octanol–water partition coefficient (Wildman–Crippen LogP) is 2.79. The third kappa shape index (κ3) is 5.83. The molecule has 106 valence electrons. The number of nitrogens with zero attached hydrogens (tertiary/aromatic N) is 2. The first-order valence-corrected chi connectivity index (χ1v) is 6.72. The second kappa shape index (κ2) is 7.24. The van der Waals surface area contributed by atoms with E-state index in [0.29, 0.717) is 0 Å². The lowest BCUT2D eigenvalue weighted by Crippen LogP contribution is -2.24. The van der Waals surface area contributed by atoms with Gasteiger partial charge in [-0.2, -0.15) is 0 Å². The molecule has 0 radical (unpaired) electrons. The van der Waals surface area contributed by atoms with Gasteiger partial charge in [-0.15, -0.1) is 0 Å². The van der Waals surface area contributed by atoms with Gasteiger partial charge in [0.1, 0.15) is 0 Å². The second-order valence-electron chi connectivity index (χ2n) is 5.74. The molecule has 0 saturated heterocycles. The number of unbranched alkanes of at least 4 members (excludes halogenated alkanes) is 1. The van der Waals surface area contributed by atoms with E-state index in [1.54, 1.807) is 26.2 Å². The van der Waals surface area contributed by atoms with Crippen LogP contribution in [-0.4, -0.2) is 34.6 Å². The Balaban J connectivity index is 2.21. The number of carbonyl (C=O) groups is 1. The molecule has 1 N–H and O–H groups in total. The highest BCUT2D eigenvalue weighted by Crippen LogP contribution is 2.23. The van der Waals surface area contributed by atoms with Crippen molar-refractivity contribution in [1.82, 2.24) is 9.88 Å². The molecule has 4 heteroatoms. The molecule has 0 atom stereocenters. The van der Waals surface area contributed by atoms with Crippen LogP contribution in [0.15, 0.2) is 24.5 Å². The van der Waals surface area contributed by atoms with Gasteiger partial charge in [-0.3, -0.25) is 9.78 Å². The number of aromatic nitrogens is 1. The summed E-state index contributed by atoms with van der Waals surface area (Å²) in [4.78, 5) is 17.2. The predicted molar refractivity (Wildman–Crippen MR) is 75.8 cm³/mol. The molecule has 19 heavy (non-hydrogen) atoms. The summed E-state index contributed by atoms with van der Waals surface area (Å²) in [6.07, 6.45) is 6.31. The van der Waals surface area contributed by atoms with Gasteiger partial charge in [0.25, 0.3) is 0 Å². The smallest absolute Gasteiger partial charge is 0.309 e. The van der Waals surface area contributed by atoms with Crippen LogP contribution in [0.4, 0.5) is 0 Å². The van der Waals surface area contributed by atoms with E-state index in [2.05, 4.69) is 16.9 Å². The van der Waals surface area contributed by atoms with Gasteiger partial charge in [0, 0.05) is 18.9 Å². The molecule has 4 nitrogen and oxygen atoms in total. The molecule has 0 aromatic carbocycles. The molecular formula is C15H24N2O2. The summed E-state index contributed by atoms with van der Waals surface area (Å²) in [5, 5.41) is 9.03. The minimum absolute atomic E-state index is 0.607. The maximum Gasteiger partial charge on any atom is 0.309 e. The molecule has 0 aliphatic heterocycles. The Bertz CT molecular complexity index is 390. The number of carboxylic acids is 1. The van der Waals surface area contributed by atoms with Gasteiger partial charge in [-0.05, 0) is 58.0 Å². The van der Waals surface area contributed by atoms with Crippen molar-refractivity contribution in [3.63, 3.8) is 0 Å². The monoisotopic (exact) mass is 264 g/mol. The fourth-order valence-corrected chi connectivity index (χ4v) is 1.93. The maximum atomic E-state index is 11.0. The minimum atomic E-state index is -0.711. The van der Waals surface area contributed by atoms with E-state index < -0.39 is 11.4 Å². The molecule has 0 bridgehead atoms. The first kappa shape index (κ1) is 15.6. The molecule has 1 aromatic rings. The lowest BCUT2D eigenvalue weighted by atomic mass is 9.87. The molecule has 0 saturated carbocycles. The summed E-state index contributed by atoms with van der Waals surface area (Å²) >= 11 is 0. The van der Waals surface area contributed by atoms with Gasteiger partial charge in [0.05, 0.1) is 5.41 Å². The zero-order chi connectivity index (χ0) is 14.3. The van der Waals surface area contributed by atoms with Crippen molar-refractivity contribution in [1.29, 1.82) is 0 Å². The van der Waals surface area contributed by atoms with Gasteiger partial charge >= 0.3 is 5.97 Å². The molecule has 1 rings (SSSR count). The van der Waals surface area contributed by atoms with Crippen molar-refractivity contribution in [3.8, 4) is 0 Å². The third-order valence-electron chi connectivity index (χ3n) is 3.37. The lowest BCUT2D eigenvalue weighted by molar-refractivity contribution is -0.147. The van der Waals surface area contributed by atoms with Crippen molar-refractivity contribution in [2.75, 3.05) is 13.6 Å². The average molecular weight is 264 g/mol. The van der Waals surface area contributed by atoms with Crippen LogP contribution >= 0.6 is 0 Å². The van der Waals surface area contributed by atoms with Gasteiger partial charge in [0.2, 0.25) is 0 Å². The Morgan fingerprint density at radius 1 is 1.32 bits per heavy atom. The molecule has 0 amide bonds. The molecule has 0 spiro atoms. The fraction of sp³-hybridized carbons (Fsp3) is 0.600. The van der Waals surface area contributed by atoms with E-state index >= 15 is 0 Å².